The van der Waals surface area contributed by atoms with E-state index in [0.29, 0.717) is 17.9 Å². The van der Waals surface area contributed by atoms with Crippen LogP contribution in [0.5, 0.6) is 0 Å². The Morgan fingerprint density at radius 2 is 2.12 bits per heavy atom. The van der Waals surface area contributed by atoms with Crippen LogP contribution in [-0.2, 0) is 6.42 Å². The van der Waals surface area contributed by atoms with Crippen LogP contribution in [0.3, 0.4) is 0 Å². The SMILES string of the molecule is CCc1cc(NC2CC(C)N(C3CC3)C2)nc(-c2ccccn2)n1. The number of nitrogens with zero attached hydrogens (tertiary/aromatic N) is 4. The number of nitrogens with one attached hydrogen (secondary N) is 1. The zero-order chi connectivity index (χ0) is 16.5. The van der Waals surface area contributed by atoms with E-state index in [1.54, 1.807) is 6.20 Å². The highest BCUT2D eigenvalue weighted by Crippen LogP contribution is 2.34. The lowest BCUT2D eigenvalue weighted by molar-refractivity contribution is 0.257. The maximum absolute atomic E-state index is 4.72. The van der Waals surface area contributed by atoms with Crippen LogP contribution in [0.1, 0.15) is 38.8 Å². The van der Waals surface area contributed by atoms with E-state index in [4.69, 9.17) is 4.98 Å². The lowest BCUT2D eigenvalue weighted by Gasteiger charge is -2.20. The summed E-state index contributed by atoms with van der Waals surface area (Å²) >= 11 is 0. The molecule has 3 heterocycles. The molecule has 2 aliphatic rings. The smallest absolute Gasteiger partial charge is 0.180 e. The van der Waals surface area contributed by atoms with Crippen molar-refractivity contribution in [2.24, 2.45) is 0 Å². The van der Waals surface area contributed by atoms with Gasteiger partial charge < -0.3 is 5.32 Å². The topological polar surface area (TPSA) is 53.9 Å². The van der Waals surface area contributed by atoms with E-state index in [1.807, 2.05) is 18.2 Å². The molecule has 0 aromatic carbocycles. The number of hydrogen-bond acceptors (Lipinski definition) is 5. The Morgan fingerprint density at radius 1 is 1.25 bits per heavy atom. The number of rotatable bonds is 5. The van der Waals surface area contributed by atoms with Crippen molar-refractivity contribution in [3.05, 3.63) is 36.2 Å². The van der Waals surface area contributed by atoms with Gasteiger partial charge in [-0.3, -0.25) is 9.88 Å². The third-order valence-electron chi connectivity index (χ3n) is 5.03. The fourth-order valence-electron chi connectivity index (χ4n) is 3.65. The van der Waals surface area contributed by atoms with Crippen LogP contribution < -0.4 is 5.32 Å². The van der Waals surface area contributed by atoms with Crippen molar-refractivity contribution in [1.82, 2.24) is 19.9 Å². The summed E-state index contributed by atoms with van der Waals surface area (Å²) in [5.74, 6) is 1.64. The molecular weight excluding hydrogens is 298 g/mol. The molecule has 24 heavy (non-hydrogen) atoms. The third kappa shape index (κ3) is 3.26. The van der Waals surface area contributed by atoms with Gasteiger partial charge in [0.1, 0.15) is 11.5 Å². The minimum Gasteiger partial charge on any atom is -0.366 e. The van der Waals surface area contributed by atoms with Crippen molar-refractivity contribution in [2.75, 3.05) is 11.9 Å². The first-order valence-corrected chi connectivity index (χ1v) is 9.04. The minimum absolute atomic E-state index is 0.469. The lowest BCUT2D eigenvalue weighted by Crippen LogP contribution is -2.31. The average molecular weight is 323 g/mol. The van der Waals surface area contributed by atoms with Crippen LogP contribution in [0.25, 0.3) is 11.5 Å². The third-order valence-corrected chi connectivity index (χ3v) is 5.03. The van der Waals surface area contributed by atoms with E-state index < -0.39 is 0 Å². The Labute approximate surface area is 143 Å². The van der Waals surface area contributed by atoms with Gasteiger partial charge in [-0.25, -0.2) is 9.97 Å². The van der Waals surface area contributed by atoms with E-state index in [1.165, 1.54) is 19.3 Å². The summed E-state index contributed by atoms with van der Waals surface area (Å²) in [6.45, 7) is 5.59. The standard InChI is InChI=1S/C19H25N5/c1-3-14-11-18(23-19(22-14)17-6-4-5-9-20-17)21-15-10-13(2)24(12-15)16-7-8-16/h4-6,9,11,13,15-16H,3,7-8,10,12H2,1-2H3,(H,21,22,23). The van der Waals surface area contributed by atoms with Gasteiger partial charge in [-0.05, 0) is 44.7 Å². The first-order valence-electron chi connectivity index (χ1n) is 9.04. The van der Waals surface area contributed by atoms with Gasteiger partial charge in [0, 0.05) is 42.6 Å². The van der Waals surface area contributed by atoms with Crippen molar-refractivity contribution in [3.8, 4) is 11.5 Å². The number of anilines is 1. The van der Waals surface area contributed by atoms with Gasteiger partial charge in [-0.15, -0.1) is 0 Å². The predicted octanol–water partition coefficient (Wildman–Crippen LogP) is 3.14. The molecule has 1 aliphatic carbocycles. The van der Waals surface area contributed by atoms with E-state index in [0.717, 1.165) is 36.2 Å². The van der Waals surface area contributed by atoms with Gasteiger partial charge in [0.15, 0.2) is 5.82 Å². The maximum atomic E-state index is 4.72. The molecule has 0 bridgehead atoms. The molecule has 1 saturated carbocycles. The van der Waals surface area contributed by atoms with E-state index in [-0.39, 0.29) is 0 Å². The normalized spacial score (nSPS) is 24.2. The van der Waals surface area contributed by atoms with Crippen LogP contribution in [0, 0.1) is 0 Å². The largest absolute Gasteiger partial charge is 0.366 e. The molecule has 1 N–H and O–H groups in total. The maximum Gasteiger partial charge on any atom is 0.180 e. The Kier molecular flexibility index (Phi) is 4.19. The van der Waals surface area contributed by atoms with Crippen LogP contribution in [0.15, 0.2) is 30.5 Å². The minimum atomic E-state index is 0.469. The van der Waals surface area contributed by atoms with E-state index in [2.05, 4.69) is 40.1 Å². The van der Waals surface area contributed by atoms with Crippen molar-refractivity contribution in [1.29, 1.82) is 0 Å². The summed E-state index contributed by atoms with van der Waals surface area (Å²) in [6.07, 6.45) is 6.60. The van der Waals surface area contributed by atoms with E-state index in [9.17, 15) is 0 Å². The fourth-order valence-corrected chi connectivity index (χ4v) is 3.65. The highest BCUT2D eigenvalue weighted by molar-refractivity contribution is 5.53. The first-order chi connectivity index (χ1) is 11.7. The molecule has 2 unspecified atom stereocenters. The van der Waals surface area contributed by atoms with Gasteiger partial charge >= 0.3 is 0 Å². The monoisotopic (exact) mass is 323 g/mol. The highest BCUT2D eigenvalue weighted by Gasteiger charge is 2.38. The molecule has 2 aromatic rings. The number of aromatic nitrogens is 3. The average Bonchev–Trinajstić information content (AvgIpc) is 3.39. The van der Waals surface area contributed by atoms with Gasteiger partial charge in [-0.2, -0.15) is 0 Å². The van der Waals surface area contributed by atoms with Gasteiger partial charge in [0.2, 0.25) is 0 Å². The van der Waals surface area contributed by atoms with Gasteiger partial charge in [0.05, 0.1) is 0 Å². The molecule has 4 rings (SSSR count). The molecule has 2 fully saturated rings. The number of pyridine rings is 1. The molecule has 0 spiro atoms. The van der Waals surface area contributed by atoms with Crippen LogP contribution in [0.4, 0.5) is 5.82 Å². The Balaban J connectivity index is 1.54. The second kappa shape index (κ2) is 6.48. The van der Waals surface area contributed by atoms with E-state index >= 15 is 0 Å². The molecule has 126 valence electrons. The lowest BCUT2D eigenvalue weighted by atomic mass is 10.2. The molecule has 5 nitrogen and oxygen atoms in total. The van der Waals surface area contributed by atoms with Crippen LogP contribution in [-0.4, -0.2) is 44.5 Å². The summed E-state index contributed by atoms with van der Waals surface area (Å²) in [7, 11) is 0. The first kappa shape index (κ1) is 15.5. The summed E-state index contributed by atoms with van der Waals surface area (Å²) in [5, 5.41) is 3.65. The number of hydrogen-bond donors (Lipinski definition) is 1. The molecule has 0 radical (unpaired) electrons. The fraction of sp³-hybridized carbons (Fsp3) is 0.526. The van der Waals surface area contributed by atoms with Gasteiger partial charge in [0.25, 0.3) is 0 Å². The summed E-state index contributed by atoms with van der Waals surface area (Å²) in [4.78, 5) is 16.4. The molecule has 5 heteroatoms. The van der Waals surface area contributed by atoms with Crippen LogP contribution in [0.2, 0.25) is 0 Å². The molecule has 0 amide bonds. The zero-order valence-electron chi connectivity index (χ0n) is 14.4. The second-order valence-electron chi connectivity index (χ2n) is 6.99. The zero-order valence-corrected chi connectivity index (χ0v) is 14.4. The Morgan fingerprint density at radius 3 is 2.83 bits per heavy atom. The molecular formula is C19H25N5. The predicted molar refractivity (Wildman–Crippen MR) is 95.9 cm³/mol. The van der Waals surface area contributed by atoms with Crippen LogP contribution >= 0.6 is 0 Å². The van der Waals surface area contributed by atoms with Crippen molar-refractivity contribution in [3.63, 3.8) is 0 Å². The number of aryl methyl sites for hydroxylation is 1. The summed E-state index contributed by atoms with van der Waals surface area (Å²) in [6, 6.07) is 9.89. The molecule has 2 aromatic heterocycles. The summed E-state index contributed by atoms with van der Waals surface area (Å²) < 4.78 is 0. The van der Waals surface area contributed by atoms with Crippen molar-refractivity contribution < 1.29 is 0 Å². The molecule has 1 saturated heterocycles. The second-order valence-corrected chi connectivity index (χ2v) is 6.99. The highest BCUT2D eigenvalue weighted by atomic mass is 15.3. The summed E-state index contributed by atoms with van der Waals surface area (Å²) in [5.41, 5.74) is 1.88. The van der Waals surface area contributed by atoms with Crippen molar-refractivity contribution in [2.45, 2.75) is 57.7 Å². The van der Waals surface area contributed by atoms with Crippen molar-refractivity contribution >= 4 is 5.82 Å². The Hall–Kier alpha value is -2.01. The Bertz CT molecular complexity index is 698. The molecule has 2 atom stereocenters. The quantitative estimate of drug-likeness (QED) is 0.916. The molecule has 1 aliphatic heterocycles. The number of likely N-dealkylation sites (tertiary alicyclic amines) is 1. The van der Waals surface area contributed by atoms with Gasteiger partial charge in [-0.1, -0.05) is 13.0 Å².